The van der Waals surface area contributed by atoms with Crippen LogP contribution in [0.1, 0.15) is 39.9 Å². The number of methoxy groups -OCH3 is 1. The SMILES string of the molecule is [2H]c1c([2H])c(OC)c2c3c1C[C@H]1N(C([2H])([2H])[2H])CC[C@@]34C(O2)C(=O)C([2H])([2H])C[C@@]14O. The molecule has 122 valence electrons. The van der Waals surface area contributed by atoms with E-state index in [1.807, 2.05) is 0 Å². The zero-order valence-electron chi connectivity index (χ0n) is 19.6. The lowest BCUT2D eigenvalue weighted by Crippen LogP contribution is -2.76. The average molecular weight is 322 g/mol. The van der Waals surface area contributed by atoms with Crippen molar-refractivity contribution in [1.29, 1.82) is 0 Å². The molecular weight excluding hydrogens is 294 g/mol. The van der Waals surface area contributed by atoms with Crippen LogP contribution in [0.15, 0.2) is 12.1 Å². The molecule has 1 spiro atoms. The molecule has 0 amide bonds. The Morgan fingerprint density at radius 3 is 3.22 bits per heavy atom. The molecule has 2 heterocycles. The first-order valence-corrected chi connectivity index (χ1v) is 7.72. The molecule has 1 aromatic carbocycles. The fourth-order valence-electron chi connectivity index (χ4n) is 5.00. The molecule has 0 aromatic heterocycles. The summed E-state index contributed by atoms with van der Waals surface area (Å²) < 4.78 is 68.4. The van der Waals surface area contributed by atoms with Crippen molar-refractivity contribution < 1.29 is 29.0 Å². The van der Waals surface area contributed by atoms with Crippen molar-refractivity contribution in [1.82, 2.24) is 4.90 Å². The summed E-state index contributed by atoms with van der Waals surface area (Å²) in [7, 11) is 1.31. The lowest BCUT2D eigenvalue weighted by atomic mass is 9.49. The van der Waals surface area contributed by atoms with Gasteiger partial charge in [-0.2, -0.15) is 0 Å². The highest BCUT2D eigenvalue weighted by molar-refractivity contribution is 5.90. The van der Waals surface area contributed by atoms with Crippen molar-refractivity contribution in [2.75, 3.05) is 20.6 Å². The minimum Gasteiger partial charge on any atom is -0.493 e. The first kappa shape index (κ1) is 8.49. The molecule has 5 rings (SSSR count). The molecule has 4 aliphatic rings. The van der Waals surface area contributed by atoms with Gasteiger partial charge in [0.25, 0.3) is 0 Å². The van der Waals surface area contributed by atoms with E-state index in [2.05, 4.69) is 0 Å². The van der Waals surface area contributed by atoms with Crippen LogP contribution < -0.4 is 9.47 Å². The number of likely N-dealkylation sites (N-methyl/N-ethyl adjacent to an activating group) is 1. The van der Waals surface area contributed by atoms with Crippen molar-refractivity contribution in [2.24, 2.45) is 0 Å². The number of carbonyl (C=O) groups excluding carboxylic acids is 1. The van der Waals surface area contributed by atoms with Gasteiger partial charge in [0.1, 0.15) is 0 Å². The summed E-state index contributed by atoms with van der Waals surface area (Å²) in [6, 6.07) is -1.46. The number of ether oxygens (including phenoxy) is 2. The van der Waals surface area contributed by atoms with Gasteiger partial charge in [-0.15, -0.1) is 0 Å². The van der Waals surface area contributed by atoms with E-state index in [9.17, 15) is 9.90 Å². The first-order chi connectivity index (χ1) is 13.8. The molecule has 4 atom stereocenters. The normalized spacial score (nSPS) is 47.7. The summed E-state index contributed by atoms with van der Waals surface area (Å²) >= 11 is 0. The predicted molar refractivity (Wildman–Crippen MR) is 83.0 cm³/mol. The van der Waals surface area contributed by atoms with Gasteiger partial charge in [0.05, 0.1) is 20.9 Å². The van der Waals surface area contributed by atoms with Crippen molar-refractivity contribution in [2.45, 2.75) is 48.8 Å². The van der Waals surface area contributed by atoms with E-state index in [1.165, 1.54) is 7.11 Å². The van der Waals surface area contributed by atoms with Gasteiger partial charge in [-0.05, 0) is 44.4 Å². The maximum atomic E-state index is 13.1. The van der Waals surface area contributed by atoms with Crippen LogP contribution in [0.25, 0.3) is 0 Å². The lowest BCUT2D eigenvalue weighted by molar-refractivity contribution is -0.185. The van der Waals surface area contributed by atoms with E-state index >= 15 is 0 Å². The largest absolute Gasteiger partial charge is 0.493 e. The number of carbonyl (C=O) groups is 1. The molecule has 2 aliphatic heterocycles. The number of aliphatic hydroxyl groups is 1. The third kappa shape index (κ3) is 1.32. The molecule has 5 nitrogen and oxygen atoms in total. The predicted octanol–water partition coefficient (Wildman–Crippen LogP) is 1.05. The molecule has 2 bridgehead atoms. The maximum Gasteiger partial charge on any atom is 0.174 e. The Morgan fingerprint density at radius 2 is 2.43 bits per heavy atom. The van der Waals surface area contributed by atoms with Crippen LogP contribution in [-0.2, 0) is 16.6 Å². The number of piperidine rings is 1. The van der Waals surface area contributed by atoms with E-state index in [4.69, 9.17) is 19.1 Å². The third-order valence-electron chi connectivity index (χ3n) is 6.01. The van der Waals surface area contributed by atoms with Gasteiger partial charge in [0, 0.05) is 24.8 Å². The van der Waals surface area contributed by atoms with E-state index in [1.54, 1.807) is 0 Å². The Labute approximate surface area is 145 Å². The van der Waals surface area contributed by atoms with Crippen molar-refractivity contribution >= 4 is 5.78 Å². The van der Waals surface area contributed by atoms with Crippen molar-refractivity contribution in [3.05, 3.63) is 23.2 Å². The molecule has 1 N–H and O–H groups in total. The Hall–Kier alpha value is -1.59. The number of nitrogens with zero attached hydrogens (tertiary/aromatic N) is 1. The van der Waals surface area contributed by atoms with Gasteiger partial charge in [0.2, 0.25) is 0 Å². The molecule has 1 unspecified atom stereocenters. The standard InChI is InChI=1S/C18H21NO4/c1-19-8-7-17-14-10-3-4-12(22-2)15(14)23-16(17)11(20)5-6-18(17,21)13(19)9-10/h3-4,13,16,21H,5-9H2,1-2H3/t13-,16?,17+,18-/m1/s1/i1D3,3D,4D,5D2. The highest BCUT2D eigenvalue weighted by Gasteiger charge is 2.72. The lowest BCUT2D eigenvalue weighted by Gasteiger charge is -2.62. The molecule has 0 radical (unpaired) electrons. The second-order valence-electron chi connectivity index (χ2n) is 6.74. The highest BCUT2D eigenvalue weighted by Crippen LogP contribution is 2.64. The van der Waals surface area contributed by atoms with E-state index in [0.717, 1.165) is 4.90 Å². The summed E-state index contributed by atoms with van der Waals surface area (Å²) in [5, 5.41) is 12.0. The van der Waals surface area contributed by atoms with Gasteiger partial charge >= 0.3 is 0 Å². The van der Waals surface area contributed by atoms with Gasteiger partial charge in [-0.25, -0.2) is 0 Å². The van der Waals surface area contributed by atoms with Crippen LogP contribution in [0.5, 0.6) is 11.5 Å². The Bertz CT molecular complexity index is 996. The summed E-state index contributed by atoms with van der Waals surface area (Å²) in [6.45, 7) is -2.50. The molecule has 2 aliphatic carbocycles. The van der Waals surface area contributed by atoms with Gasteiger partial charge < -0.3 is 19.5 Å². The zero-order chi connectivity index (χ0) is 22.0. The summed E-state index contributed by atoms with van der Waals surface area (Å²) in [5.41, 5.74) is -2.53. The van der Waals surface area contributed by atoms with Crippen LogP contribution in [-0.4, -0.2) is 54.2 Å². The first-order valence-electron chi connectivity index (χ1n) is 11.2. The number of Topliss-reactive ketones (excluding diaryl/α,β-unsaturated/α-hetero) is 1. The highest BCUT2D eigenvalue weighted by atomic mass is 16.5. The van der Waals surface area contributed by atoms with Crippen LogP contribution >= 0.6 is 0 Å². The third-order valence-corrected chi connectivity index (χ3v) is 6.01. The molecule has 2 fully saturated rings. The van der Waals surface area contributed by atoms with Gasteiger partial charge in [-0.1, -0.05) is 6.04 Å². The average Bonchev–Trinajstić information content (AvgIpc) is 2.94. The summed E-state index contributed by atoms with van der Waals surface area (Å²) in [4.78, 5) is 14.3. The molecule has 1 saturated heterocycles. The van der Waals surface area contributed by atoms with Crippen LogP contribution in [0.4, 0.5) is 0 Å². The topological polar surface area (TPSA) is 59.0 Å². The smallest absolute Gasteiger partial charge is 0.174 e. The van der Waals surface area contributed by atoms with E-state index in [-0.39, 0.29) is 43.0 Å². The fourth-order valence-corrected chi connectivity index (χ4v) is 5.00. The van der Waals surface area contributed by atoms with Crippen molar-refractivity contribution in [3.8, 4) is 11.5 Å². The fraction of sp³-hybridized carbons (Fsp3) is 0.611. The molecule has 23 heavy (non-hydrogen) atoms. The molecular formula is C18H21NO4. The minimum absolute atomic E-state index is 0.0325. The van der Waals surface area contributed by atoms with Gasteiger partial charge in [-0.3, -0.25) is 4.79 Å². The Balaban J connectivity index is 1.87. The second kappa shape index (κ2) is 4.08. The van der Waals surface area contributed by atoms with Crippen LogP contribution in [0.3, 0.4) is 0 Å². The van der Waals surface area contributed by atoms with Crippen LogP contribution in [0, 0.1) is 0 Å². The zero-order valence-corrected chi connectivity index (χ0v) is 12.6. The van der Waals surface area contributed by atoms with Gasteiger partial charge in [0.15, 0.2) is 23.4 Å². The second-order valence-corrected chi connectivity index (χ2v) is 6.74. The number of ketones is 1. The van der Waals surface area contributed by atoms with Crippen LogP contribution in [0.2, 0.25) is 0 Å². The number of rotatable bonds is 1. The number of benzene rings is 1. The van der Waals surface area contributed by atoms with E-state index in [0.29, 0.717) is 11.1 Å². The maximum absolute atomic E-state index is 13.1. The monoisotopic (exact) mass is 322 g/mol. The Kier molecular flexibility index (Phi) is 1.51. The summed E-state index contributed by atoms with van der Waals surface area (Å²) in [5.74, 6) is -0.767. The Morgan fingerprint density at radius 1 is 1.57 bits per heavy atom. The number of hydrogen-bond acceptors (Lipinski definition) is 5. The minimum atomic E-state index is -2.55. The molecule has 1 aromatic rings. The van der Waals surface area contributed by atoms with E-state index < -0.39 is 48.7 Å². The quantitative estimate of drug-likeness (QED) is 0.837. The molecule has 1 saturated carbocycles. The number of hydrogen-bond donors (Lipinski definition) is 1. The van der Waals surface area contributed by atoms with Crippen molar-refractivity contribution in [3.63, 3.8) is 0 Å². The summed E-state index contributed by atoms with van der Waals surface area (Å²) in [6.07, 6.45) is -4.37. The molecule has 5 heteroatoms. The number of likely N-dealkylation sites (tertiary alicyclic amines) is 1.